The second-order valence-electron chi connectivity index (χ2n) is 7.91. The summed E-state index contributed by atoms with van der Waals surface area (Å²) >= 11 is 3.91. The molecule has 2 heteroatoms. The molecule has 1 aromatic carbocycles. The van der Waals surface area contributed by atoms with Crippen molar-refractivity contribution in [2.45, 2.75) is 64.2 Å². The van der Waals surface area contributed by atoms with Gasteiger partial charge in [0.15, 0.2) is 0 Å². The Morgan fingerprint density at radius 2 is 1.93 bits per heavy atom. The Labute approximate surface area is 168 Å². The Balaban J connectivity index is 0.000000323. The van der Waals surface area contributed by atoms with Crippen LogP contribution >= 0.6 is 12.6 Å². The molecule has 0 spiro atoms. The van der Waals surface area contributed by atoms with Gasteiger partial charge < -0.3 is 4.98 Å². The minimum atomic E-state index is 0.585. The summed E-state index contributed by atoms with van der Waals surface area (Å²) in [7, 11) is 0. The monoisotopic (exact) mass is 377 g/mol. The first-order valence-corrected chi connectivity index (χ1v) is 11.2. The van der Waals surface area contributed by atoms with Crippen molar-refractivity contribution >= 4 is 24.8 Å². The van der Waals surface area contributed by atoms with Crippen molar-refractivity contribution in [2.24, 2.45) is 0 Å². The predicted molar refractivity (Wildman–Crippen MR) is 120 cm³/mol. The van der Waals surface area contributed by atoms with Gasteiger partial charge in [-0.15, -0.1) is 0 Å². The number of thiol groups is 1. The van der Waals surface area contributed by atoms with Crippen LogP contribution in [0, 0.1) is 0 Å². The number of rotatable bonds is 2. The maximum absolute atomic E-state index is 3.91. The number of aromatic nitrogens is 1. The van der Waals surface area contributed by atoms with E-state index in [-0.39, 0.29) is 0 Å². The molecule has 1 heterocycles. The van der Waals surface area contributed by atoms with Crippen LogP contribution in [0.2, 0.25) is 0 Å². The average Bonchev–Trinajstić information content (AvgIpc) is 3.32. The minimum Gasteiger partial charge on any atom is -0.358 e. The second-order valence-corrected chi connectivity index (χ2v) is 8.27. The fraction of sp³-hybridized carbons (Fsp3) is 0.440. The first-order valence-electron chi connectivity index (χ1n) is 10.6. The predicted octanol–water partition coefficient (Wildman–Crippen LogP) is 4.82. The van der Waals surface area contributed by atoms with Crippen molar-refractivity contribution in [3.8, 4) is 0 Å². The van der Waals surface area contributed by atoms with Crippen molar-refractivity contribution in [1.29, 1.82) is 0 Å². The van der Waals surface area contributed by atoms with Crippen molar-refractivity contribution in [1.82, 2.24) is 4.98 Å². The van der Waals surface area contributed by atoms with E-state index in [2.05, 4.69) is 48.0 Å². The van der Waals surface area contributed by atoms with Crippen LogP contribution in [-0.4, -0.2) is 10.7 Å². The van der Waals surface area contributed by atoms with Crippen molar-refractivity contribution in [3.05, 3.63) is 68.9 Å². The molecule has 1 unspecified atom stereocenters. The summed E-state index contributed by atoms with van der Waals surface area (Å²) in [6.07, 6.45) is 19.0. The zero-order valence-corrected chi connectivity index (χ0v) is 17.3. The summed E-state index contributed by atoms with van der Waals surface area (Å²) in [5.74, 6) is 1.44. The number of aryl methyl sites for hydroxylation is 2. The molecular formula is C25H31NS. The molecule has 3 aliphatic rings. The summed E-state index contributed by atoms with van der Waals surface area (Å²) in [5, 5.41) is 2.91. The maximum atomic E-state index is 3.91. The first-order chi connectivity index (χ1) is 13.3. The molecule has 0 amide bonds. The summed E-state index contributed by atoms with van der Waals surface area (Å²) in [5.41, 5.74) is 7.87. The molecule has 1 nitrogen and oxygen atoms in total. The molecule has 0 bridgehead atoms. The van der Waals surface area contributed by atoms with Crippen LogP contribution in [-0.2, 0) is 19.3 Å². The Kier molecular flexibility index (Phi) is 5.92. The lowest BCUT2D eigenvalue weighted by molar-refractivity contribution is 0.604. The van der Waals surface area contributed by atoms with Gasteiger partial charge in [0.25, 0.3) is 0 Å². The van der Waals surface area contributed by atoms with Crippen LogP contribution in [0.25, 0.3) is 12.2 Å². The summed E-state index contributed by atoms with van der Waals surface area (Å²) in [6, 6.07) is 7.31. The Hall–Kier alpha value is -1.67. The summed E-state index contributed by atoms with van der Waals surface area (Å²) in [6.45, 7) is 1.98. The number of nitrogens with one attached hydrogen (secondary N) is 1. The third-order valence-corrected chi connectivity index (χ3v) is 6.42. The third-order valence-electron chi connectivity index (χ3n) is 6.21. The molecule has 5 rings (SSSR count). The van der Waals surface area contributed by atoms with E-state index in [1.54, 1.807) is 22.3 Å². The summed E-state index contributed by atoms with van der Waals surface area (Å²) < 4.78 is 0. The third kappa shape index (κ3) is 3.82. The van der Waals surface area contributed by atoms with Gasteiger partial charge in [0, 0.05) is 22.7 Å². The standard InChI is InChI=1S/C21H23N.C4H8S/c1-2-10-20-18(7-1)19-9-4-8-17(21(19)22-20)16-12-11-14-5-3-6-15(14)13-16;1-2-3-4-5/h7,10-13,17,22H,1-6,8-9H2;2-3,5H,4H2,1H3/b;3-2+. The molecule has 1 aromatic heterocycles. The lowest BCUT2D eigenvalue weighted by Crippen LogP contribution is -2.27. The highest BCUT2D eigenvalue weighted by molar-refractivity contribution is 7.80. The number of hydrogen-bond acceptors (Lipinski definition) is 1. The van der Waals surface area contributed by atoms with Gasteiger partial charge in [0.2, 0.25) is 0 Å². The van der Waals surface area contributed by atoms with Gasteiger partial charge in [0.05, 0.1) is 0 Å². The van der Waals surface area contributed by atoms with Crippen LogP contribution in [0.1, 0.15) is 72.9 Å². The van der Waals surface area contributed by atoms with Crippen molar-refractivity contribution in [3.63, 3.8) is 0 Å². The zero-order valence-electron chi connectivity index (χ0n) is 16.4. The van der Waals surface area contributed by atoms with Crippen LogP contribution < -0.4 is 10.6 Å². The fourth-order valence-electron chi connectivity index (χ4n) is 4.89. The largest absolute Gasteiger partial charge is 0.358 e. The van der Waals surface area contributed by atoms with Gasteiger partial charge in [-0.05, 0) is 85.8 Å². The van der Waals surface area contributed by atoms with E-state index in [1.807, 2.05) is 19.1 Å². The van der Waals surface area contributed by atoms with Gasteiger partial charge in [-0.25, -0.2) is 0 Å². The SMILES string of the molecule is C/C=C/CS.C1=c2[nH]c3c(c2=CCC1)CCCC3c1ccc2c(c1)CCC2. The molecule has 2 aromatic rings. The van der Waals surface area contributed by atoms with Crippen molar-refractivity contribution in [2.75, 3.05) is 5.75 Å². The molecule has 1 atom stereocenters. The molecule has 142 valence electrons. The lowest BCUT2D eigenvalue weighted by atomic mass is 9.82. The number of hydrogen-bond donors (Lipinski definition) is 2. The van der Waals surface area contributed by atoms with E-state index < -0.39 is 0 Å². The topological polar surface area (TPSA) is 15.8 Å². The van der Waals surface area contributed by atoms with Crippen molar-refractivity contribution < 1.29 is 0 Å². The number of H-pyrrole nitrogens is 1. The van der Waals surface area contributed by atoms with E-state index in [0.29, 0.717) is 5.92 Å². The highest BCUT2D eigenvalue weighted by atomic mass is 32.1. The van der Waals surface area contributed by atoms with E-state index in [1.165, 1.54) is 67.6 Å². The number of aromatic amines is 1. The normalized spacial score (nSPS) is 20.0. The average molecular weight is 378 g/mol. The minimum absolute atomic E-state index is 0.585. The molecular weight excluding hydrogens is 346 g/mol. The second kappa shape index (κ2) is 8.56. The molecule has 0 aliphatic heterocycles. The highest BCUT2D eigenvalue weighted by Gasteiger charge is 2.26. The molecule has 0 radical (unpaired) electrons. The number of fused-ring (bicyclic) bond motifs is 4. The fourth-order valence-corrected chi connectivity index (χ4v) is 5.10. The van der Waals surface area contributed by atoms with E-state index in [0.717, 1.165) is 5.75 Å². The molecule has 0 saturated carbocycles. The van der Waals surface area contributed by atoms with Gasteiger partial charge >= 0.3 is 0 Å². The number of benzene rings is 1. The Bertz CT molecular complexity index is 947. The van der Waals surface area contributed by atoms with E-state index >= 15 is 0 Å². The van der Waals surface area contributed by atoms with Crippen LogP contribution in [0.5, 0.6) is 0 Å². The van der Waals surface area contributed by atoms with Gasteiger partial charge in [-0.2, -0.15) is 12.6 Å². The molecule has 27 heavy (non-hydrogen) atoms. The number of allylic oxidation sites excluding steroid dienone is 1. The maximum Gasteiger partial charge on any atom is 0.0415 e. The Morgan fingerprint density at radius 1 is 1.07 bits per heavy atom. The van der Waals surface area contributed by atoms with Gasteiger partial charge in [-0.3, -0.25) is 0 Å². The molecule has 0 saturated heterocycles. The van der Waals surface area contributed by atoms with E-state index in [9.17, 15) is 0 Å². The zero-order chi connectivity index (χ0) is 18.6. The molecule has 0 fully saturated rings. The molecule has 1 N–H and O–H groups in total. The van der Waals surface area contributed by atoms with E-state index in [4.69, 9.17) is 0 Å². The smallest absolute Gasteiger partial charge is 0.0415 e. The van der Waals surface area contributed by atoms with Crippen LogP contribution in [0.15, 0.2) is 30.4 Å². The van der Waals surface area contributed by atoms with Gasteiger partial charge in [-0.1, -0.05) is 42.5 Å². The first kappa shape index (κ1) is 18.7. The quantitative estimate of drug-likeness (QED) is 0.551. The van der Waals surface area contributed by atoms with Crippen LogP contribution in [0.3, 0.4) is 0 Å². The highest BCUT2D eigenvalue weighted by Crippen LogP contribution is 2.36. The summed E-state index contributed by atoms with van der Waals surface area (Å²) in [4.78, 5) is 3.78. The Morgan fingerprint density at radius 3 is 2.74 bits per heavy atom. The van der Waals surface area contributed by atoms with Crippen LogP contribution in [0.4, 0.5) is 0 Å². The van der Waals surface area contributed by atoms with Gasteiger partial charge in [0.1, 0.15) is 0 Å². The lowest BCUT2D eigenvalue weighted by Gasteiger charge is -2.23. The molecule has 3 aliphatic carbocycles.